The molecule has 0 aromatic rings. The minimum Gasteiger partial charge on any atom is -0.480 e. The molecule has 0 saturated carbocycles. The summed E-state index contributed by atoms with van der Waals surface area (Å²) in [5, 5.41) is 9.16. The van der Waals surface area contributed by atoms with E-state index < -0.39 is 5.97 Å². The third kappa shape index (κ3) is 4.10. The van der Waals surface area contributed by atoms with E-state index in [0.717, 1.165) is 45.4 Å². The molecule has 2 atom stereocenters. The number of aliphatic carboxylic acids is 1. The van der Waals surface area contributed by atoms with Crippen LogP contribution in [-0.2, 0) is 9.53 Å². The van der Waals surface area contributed by atoms with Crippen LogP contribution in [-0.4, -0.2) is 48.8 Å². The maximum Gasteiger partial charge on any atom is 0.320 e. The summed E-state index contributed by atoms with van der Waals surface area (Å²) in [4.78, 5) is 13.2. The average Bonchev–Trinajstić information content (AvgIpc) is 2.26. The van der Waals surface area contributed by atoms with E-state index >= 15 is 0 Å². The molecular formula is C12H23NO3. The summed E-state index contributed by atoms with van der Waals surface area (Å²) in [7, 11) is 1.70. The number of carboxylic acid groups (broad SMARTS) is 1. The van der Waals surface area contributed by atoms with Crippen molar-refractivity contribution >= 4 is 5.97 Å². The molecule has 2 unspecified atom stereocenters. The smallest absolute Gasteiger partial charge is 0.320 e. The SMILES string of the molecule is COCCCCN1CCC(C)CC1C(=O)O. The predicted molar refractivity (Wildman–Crippen MR) is 62.5 cm³/mol. The number of carboxylic acids is 1. The molecule has 1 aliphatic rings. The second-order valence-electron chi connectivity index (χ2n) is 4.72. The molecule has 0 aliphatic carbocycles. The Morgan fingerprint density at radius 3 is 2.88 bits per heavy atom. The lowest BCUT2D eigenvalue weighted by molar-refractivity contribution is -0.145. The van der Waals surface area contributed by atoms with Gasteiger partial charge in [0.05, 0.1) is 0 Å². The molecule has 1 aliphatic heterocycles. The van der Waals surface area contributed by atoms with Crippen molar-refractivity contribution in [2.24, 2.45) is 5.92 Å². The van der Waals surface area contributed by atoms with Crippen LogP contribution in [0.2, 0.25) is 0 Å². The summed E-state index contributed by atoms with van der Waals surface area (Å²) in [5.41, 5.74) is 0. The molecule has 0 radical (unpaired) electrons. The lowest BCUT2D eigenvalue weighted by Gasteiger charge is -2.35. The molecule has 0 spiro atoms. The molecule has 1 saturated heterocycles. The Kier molecular flexibility index (Phi) is 5.77. The maximum atomic E-state index is 11.1. The van der Waals surface area contributed by atoms with E-state index in [-0.39, 0.29) is 6.04 Å². The van der Waals surface area contributed by atoms with Gasteiger partial charge in [-0.05, 0) is 44.7 Å². The van der Waals surface area contributed by atoms with Crippen molar-refractivity contribution in [2.45, 2.75) is 38.6 Å². The number of piperidine rings is 1. The van der Waals surface area contributed by atoms with Crippen LogP contribution in [0.15, 0.2) is 0 Å². The predicted octanol–water partition coefficient (Wildman–Crippen LogP) is 1.60. The van der Waals surface area contributed by atoms with E-state index in [4.69, 9.17) is 9.84 Å². The van der Waals surface area contributed by atoms with Gasteiger partial charge in [-0.3, -0.25) is 9.69 Å². The van der Waals surface area contributed by atoms with Gasteiger partial charge in [-0.25, -0.2) is 0 Å². The fourth-order valence-corrected chi connectivity index (χ4v) is 2.28. The molecule has 4 heteroatoms. The Balaban J connectivity index is 2.34. The molecule has 4 nitrogen and oxygen atoms in total. The lowest BCUT2D eigenvalue weighted by atomic mass is 9.92. The van der Waals surface area contributed by atoms with Crippen LogP contribution >= 0.6 is 0 Å². The van der Waals surface area contributed by atoms with Gasteiger partial charge in [0.2, 0.25) is 0 Å². The molecule has 1 fully saturated rings. The number of hydrogen-bond acceptors (Lipinski definition) is 3. The Bertz CT molecular complexity index is 220. The van der Waals surface area contributed by atoms with E-state index in [1.807, 2.05) is 0 Å². The normalized spacial score (nSPS) is 26.9. The molecule has 0 amide bonds. The van der Waals surface area contributed by atoms with Gasteiger partial charge in [-0.1, -0.05) is 6.92 Å². The highest BCUT2D eigenvalue weighted by molar-refractivity contribution is 5.73. The summed E-state index contributed by atoms with van der Waals surface area (Å²) in [6.45, 7) is 4.71. The maximum absolute atomic E-state index is 11.1. The van der Waals surface area contributed by atoms with Gasteiger partial charge in [0.15, 0.2) is 0 Å². The number of likely N-dealkylation sites (tertiary alicyclic amines) is 1. The van der Waals surface area contributed by atoms with Gasteiger partial charge in [0, 0.05) is 13.7 Å². The molecule has 94 valence electrons. The van der Waals surface area contributed by atoms with E-state index in [1.165, 1.54) is 0 Å². The van der Waals surface area contributed by atoms with E-state index in [9.17, 15) is 4.79 Å². The second kappa shape index (κ2) is 6.86. The number of unbranched alkanes of at least 4 members (excludes halogenated alkanes) is 1. The van der Waals surface area contributed by atoms with Crippen molar-refractivity contribution in [1.82, 2.24) is 4.90 Å². The number of methoxy groups -OCH3 is 1. The average molecular weight is 229 g/mol. The largest absolute Gasteiger partial charge is 0.480 e. The molecule has 1 N–H and O–H groups in total. The van der Waals surface area contributed by atoms with Crippen LogP contribution < -0.4 is 0 Å². The minimum absolute atomic E-state index is 0.272. The summed E-state index contributed by atoms with van der Waals surface area (Å²) in [6, 6.07) is -0.272. The summed E-state index contributed by atoms with van der Waals surface area (Å²) < 4.78 is 4.99. The second-order valence-corrected chi connectivity index (χ2v) is 4.72. The number of carbonyl (C=O) groups is 1. The van der Waals surface area contributed by atoms with Crippen molar-refractivity contribution in [2.75, 3.05) is 26.8 Å². The van der Waals surface area contributed by atoms with Crippen LogP contribution in [0.4, 0.5) is 0 Å². The van der Waals surface area contributed by atoms with E-state index in [1.54, 1.807) is 7.11 Å². The van der Waals surface area contributed by atoms with Gasteiger partial charge in [0.25, 0.3) is 0 Å². The number of nitrogens with zero attached hydrogens (tertiary/aromatic N) is 1. The standard InChI is InChI=1S/C12H23NO3/c1-10-5-7-13(6-3-4-8-16-2)11(9-10)12(14)15/h10-11H,3-9H2,1-2H3,(H,14,15). The molecule has 0 bridgehead atoms. The third-order valence-corrected chi connectivity index (χ3v) is 3.30. The van der Waals surface area contributed by atoms with Crippen LogP contribution in [0.3, 0.4) is 0 Å². The van der Waals surface area contributed by atoms with Crippen molar-refractivity contribution in [3.8, 4) is 0 Å². The Hall–Kier alpha value is -0.610. The Labute approximate surface area is 97.6 Å². The van der Waals surface area contributed by atoms with Crippen LogP contribution in [0.25, 0.3) is 0 Å². The zero-order valence-corrected chi connectivity index (χ0v) is 10.3. The first kappa shape index (κ1) is 13.5. The fourth-order valence-electron chi connectivity index (χ4n) is 2.28. The monoisotopic (exact) mass is 229 g/mol. The van der Waals surface area contributed by atoms with Crippen molar-refractivity contribution in [3.63, 3.8) is 0 Å². The minimum atomic E-state index is -0.668. The first-order valence-corrected chi connectivity index (χ1v) is 6.11. The van der Waals surface area contributed by atoms with Crippen molar-refractivity contribution < 1.29 is 14.6 Å². The third-order valence-electron chi connectivity index (χ3n) is 3.30. The first-order chi connectivity index (χ1) is 7.65. The first-order valence-electron chi connectivity index (χ1n) is 6.11. The Morgan fingerprint density at radius 2 is 2.25 bits per heavy atom. The topological polar surface area (TPSA) is 49.8 Å². The molecule has 0 aromatic heterocycles. The van der Waals surface area contributed by atoms with Crippen molar-refractivity contribution in [1.29, 1.82) is 0 Å². The number of ether oxygens (including phenoxy) is 1. The van der Waals surface area contributed by atoms with Crippen LogP contribution in [0, 0.1) is 5.92 Å². The highest BCUT2D eigenvalue weighted by Crippen LogP contribution is 2.22. The zero-order valence-electron chi connectivity index (χ0n) is 10.3. The number of hydrogen-bond donors (Lipinski definition) is 1. The Morgan fingerprint density at radius 1 is 1.50 bits per heavy atom. The molecule has 0 aromatic carbocycles. The molecule has 1 rings (SSSR count). The van der Waals surface area contributed by atoms with Crippen LogP contribution in [0.5, 0.6) is 0 Å². The fraction of sp³-hybridized carbons (Fsp3) is 0.917. The highest BCUT2D eigenvalue weighted by Gasteiger charge is 2.30. The molecular weight excluding hydrogens is 206 g/mol. The van der Waals surface area contributed by atoms with Gasteiger partial charge in [-0.2, -0.15) is 0 Å². The quantitative estimate of drug-likeness (QED) is 0.703. The van der Waals surface area contributed by atoms with Crippen molar-refractivity contribution in [3.05, 3.63) is 0 Å². The molecule has 16 heavy (non-hydrogen) atoms. The summed E-state index contributed by atoms with van der Waals surface area (Å²) in [6.07, 6.45) is 3.94. The summed E-state index contributed by atoms with van der Waals surface area (Å²) >= 11 is 0. The summed E-state index contributed by atoms with van der Waals surface area (Å²) in [5.74, 6) is -0.130. The zero-order chi connectivity index (χ0) is 12.0. The molecule has 1 heterocycles. The van der Waals surface area contributed by atoms with Gasteiger partial charge in [-0.15, -0.1) is 0 Å². The van der Waals surface area contributed by atoms with E-state index in [0.29, 0.717) is 5.92 Å². The lowest BCUT2D eigenvalue weighted by Crippen LogP contribution is -2.47. The van der Waals surface area contributed by atoms with Gasteiger partial charge < -0.3 is 9.84 Å². The van der Waals surface area contributed by atoms with E-state index in [2.05, 4.69) is 11.8 Å². The van der Waals surface area contributed by atoms with Gasteiger partial charge in [0.1, 0.15) is 6.04 Å². The van der Waals surface area contributed by atoms with Crippen LogP contribution in [0.1, 0.15) is 32.6 Å². The number of rotatable bonds is 6. The highest BCUT2D eigenvalue weighted by atomic mass is 16.5. The van der Waals surface area contributed by atoms with Gasteiger partial charge >= 0.3 is 5.97 Å².